The van der Waals surface area contributed by atoms with Crippen molar-refractivity contribution in [1.82, 2.24) is 19.4 Å². The summed E-state index contributed by atoms with van der Waals surface area (Å²) in [6, 6.07) is 16.4. The van der Waals surface area contributed by atoms with Crippen LogP contribution in [0.4, 0.5) is 5.69 Å². The summed E-state index contributed by atoms with van der Waals surface area (Å²) in [7, 11) is 0. The van der Waals surface area contributed by atoms with Crippen molar-refractivity contribution >= 4 is 17.1 Å². The smallest absolute Gasteiger partial charge is 0.225 e. The third-order valence-electron chi connectivity index (χ3n) is 9.03. The molecule has 0 radical (unpaired) electrons. The Hall–Kier alpha value is -3.37. The second-order valence-corrected chi connectivity index (χ2v) is 11.6. The highest BCUT2D eigenvalue weighted by Gasteiger charge is 2.32. The molecule has 0 atom stereocenters. The molecule has 1 amide bonds. The molecule has 7 heteroatoms. The first kappa shape index (κ1) is 24.9. The summed E-state index contributed by atoms with van der Waals surface area (Å²) in [6.45, 7) is 9.98. The number of carbonyl (C=O) groups excluding carboxylic acids is 1. The molecule has 0 unspecified atom stereocenters. The molecule has 0 bridgehead atoms. The second-order valence-electron chi connectivity index (χ2n) is 11.6. The van der Waals surface area contributed by atoms with Crippen LogP contribution in [0.1, 0.15) is 51.0 Å². The number of rotatable bonds is 5. The lowest BCUT2D eigenvalue weighted by Crippen LogP contribution is -2.50. The molecule has 3 aliphatic rings. The quantitative estimate of drug-likeness (QED) is 0.494. The number of amides is 1. The van der Waals surface area contributed by atoms with Gasteiger partial charge < -0.3 is 9.80 Å². The standard InChI is InChI=1S/C31H38N6O/c1-22(2)36-19-28(20-36)25-9-7-24(8-10-25)27-17-30-29(11-12-33-37(30)21-27)34-13-15-35(16-14-34)31(38)26-5-3-23(18-32)4-6-26/h7-12,17,21-23,26,28H,3-6,13-16,19-20H2,1-2H3. The minimum absolute atomic E-state index is 0.0943. The van der Waals surface area contributed by atoms with Gasteiger partial charge in [0, 0.05) is 81.0 Å². The van der Waals surface area contributed by atoms with Crippen LogP contribution in [-0.4, -0.2) is 70.6 Å². The maximum absolute atomic E-state index is 13.1. The normalized spacial score (nSPS) is 23.0. The summed E-state index contributed by atoms with van der Waals surface area (Å²) >= 11 is 0. The molecular weight excluding hydrogens is 472 g/mol. The number of aromatic nitrogens is 2. The molecular formula is C31H38N6O. The zero-order valence-corrected chi connectivity index (χ0v) is 22.6. The lowest BCUT2D eigenvalue weighted by Gasteiger charge is -2.42. The lowest BCUT2D eigenvalue weighted by atomic mass is 9.82. The third kappa shape index (κ3) is 4.78. The zero-order valence-electron chi connectivity index (χ0n) is 22.6. The Bertz CT molecular complexity index is 1320. The highest BCUT2D eigenvalue weighted by atomic mass is 16.2. The van der Waals surface area contributed by atoms with Crippen molar-refractivity contribution in [2.45, 2.75) is 51.5 Å². The van der Waals surface area contributed by atoms with Gasteiger partial charge in [-0.2, -0.15) is 10.4 Å². The number of fused-ring (bicyclic) bond motifs is 1. The Balaban J connectivity index is 1.11. The molecule has 3 aromatic rings. The molecule has 1 aromatic carbocycles. The van der Waals surface area contributed by atoms with Crippen molar-refractivity contribution in [3.8, 4) is 17.2 Å². The summed E-state index contributed by atoms with van der Waals surface area (Å²) in [5.41, 5.74) is 6.10. The predicted molar refractivity (Wildman–Crippen MR) is 150 cm³/mol. The zero-order chi connectivity index (χ0) is 26.2. The van der Waals surface area contributed by atoms with Crippen molar-refractivity contribution in [2.24, 2.45) is 11.8 Å². The van der Waals surface area contributed by atoms with E-state index >= 15 is 0 Å². The molecule has 3 fully saturated rings. The van der Waals surface area contributed by atoms with Gasteiger partial charge in [0.2, 0.25) is 5.91 Å². The van der Waals surface area contributed by atoms with Crippen LogP contribution < -0.4 is 4.90 Å². The van der Waals surface area contributed by atoms with Gasteiger partial charge in [0.25, 0.3) is 0 Å². The van der Waals surface area contributed by atoms with Gasteiger partial charge in [0.05, 0.1) is 17.3 Å². The topological polar surface area (TPSA) is 67.9 Å². The number of likely N-dealkylation sites (tertiary alicyclic amines) is 1. The van der Waals surface area contributed by atoms with Gasteiger partial charge in [-0.05, 0) is 62.8 Å². The Morgan fingerprint density at radius 2 is 1.68 bits per heavy atom. The molecule has 0 N–H and O–H groups in total. The van der Waals surface area contributed by atoms with Gasteiger partial charge in [-0.15, -0.1) is 0 Å². The molecule has 2 aromatic heterocycles. The van der Waals surface area contributed by atoms with Crippen LogP contribution in [0.5, 0.6) is 0 Å². The van der Waals surface area contributed by atoms with Crippen molar-refractivity contribution in [2.75, 3.05) is 44.2 Å². The van der Waals surface area contributed by atoms with E-state index in [1.54, 1.807) is 0 Å². The van der Waals surface area contributed by atoms with Crippen molar-refractivity contribution in [3.05, 3.63) is 54.4 Å². The van der Waals surface area contributed by atoms with Crippen molar-refractivity contribution < 1.29 is 4.79 Å². The fourth-order valence-corrected chi connectivity index (χ4v) is 6.41. The van der Waals surface area contributed by atoms with E-state index in [-0.39, 0.29) is 17.7 Å². The molecule has 2 aliphatic heterocycles. The molecule has 198 valence electrons. The van der Waals surface area contributed by atoms with E-state index in [1.165, 1.54) is 22.4 Å². The van der Waals surface area contributed by atoms with E-state index in [0.29, 0.717) is 12.0 Å². The molecule has 1 aliphatic carbocycles. The van der Waals surface area contributed by atoms with Crippen molar-refractivity contribution in [1.29, 1.82) is 5.26 Å². The fourth-order valence-electron chi connectivity index (χ4n) is 6.41. The van der Waals surface area contributed by atoms with E-state index in [4.69, 9.17) is 5.26 Å². The summed E-state index contributed by atoms with van der Waals surface area (Å²) in [4.78, 5) is 20.1. The first-order valence-electron chi connectivity index (χ1n) is 14.3. The summed E-state index contributed by atoms with van der Waals surface area (Å²) < 4.78 is 1.98. The average Bonchev–Trinajstić information content (AvgIpc) is 3.37. The van der Waals surface area contributed by atoms with Crippen LogP contribution in [0, 0.1) is 23.2 Å². The maximum Gasteiger partial charge on any atom is 0.225 e. The molecule has 4 heterocycles. The number of nitrogens with zero attached hydrogens (tertiary/aromatic N) is 6. The summed E-state index contributed by atoms with van der Waals surface area (Å²) in [5.74, 6) is 1.16. The number of benzene rings is 1. The van der Waals surface area contributed by atoms with Gasteiger partial charge in [-0.1, -0.05) is 24.3 Å². The first-order valence-corrected chi connectivity index (χ1v) is 14.3. The molecule has 7 nitrogen and oxygen atoms in total. The van der Waals surface area contributed by atoms with Crippen LogP contribution in [0.25, 0.3) is 16.6 Å². The Morgan fingerprint density at radius 3 is 2.34 bits per heavy atom. The molecule has 1 saturated carbocycles. The van der Waals surface area contributed by atoms with Gasteiger partial charge in [0.15, 0.2) is 0 Å². The average molecular weight is 511 g/mol. The minimum Gasteiger partial charge on any atom is -0.366 e. The van der Waals surface area contributed by atoms with Gasteiger partial charge in [0.1, 0.15) is 0 Å². The number of hydrogen-bond acceptors (Lipinski definition) is 5. The van der Waals surface area contributed by atoms with Crippen LogP contribution >= 0.6 is 0 Å². The van der Waals surface area contributed by atoms with Crippen molar-refractivity contribution in [3.63, 3.8) is 0 Å². The molecule has 38 heavy (non-hydrogen) atoms. The number of hydrogen-bond donors (Lipinski definition) is 0. The van der Waals surface area contributed by atoms with Crippen LogP contribution in [-0.2, 0) is 4.79 Å². The largest absolute Gasteiger partial charge is 0.366 e. The Labute approximate surface area is 225 Å². The molecule has 6 rings (SSSR count). The highest BCUT2D eigenvalue weighted by molar-refractivity contribution is 5.81. The third-order valence-corrected chi connectivity index (χ3v) is 9.03. The van der Waals surface area contributed by atoms with E-state index in [1.807, 2.05) is 15.6 Å². The van der Waals surface area contributed by atoms with E-state index in [9.17, 15) is 4.79 Å². The Morgan fingerprint density at radius 1 is 0.974 bits per heavy atom. The predicted octanol–water partition coefficient (Wildman–Crippen LogP) is 4.79. The van der Waals surface area contributed by atoms with Gasteiger partial charge in [-0.25, -0.2) is 4.52 Å². The highest BCUT2D eigenvalue weighted by Crippen LogP contribution is 2.33. The monoisotopic (exact) mass is 510 g/mol. The van der Waals surface area contributed by atoms with Gasteiger partial charge in [-0.3, -0.25) is 9.69 Å². The van der Waals surface area contributed by atoms with Gasteiger partial charge >= 0.3 is 0 Å². The summed E-state index contributed by atoms with van der Waals surface area (Å²) in [6.07, 6.45) is 7.42. The molecule has 0 spiro atoms. The first-order chi connectivity index (χ1) is 18.5. The second kappa shape index (κ2) is 10.4. The number of piperazine rings is 1. The number of carbonyl (C=O) groups is 1. The SMILES string of the molecule is CC(C)N1CC(c2ccc(-c3cc4c(N5CCN(C(=O)C6CCC(C#N)CC6)CC5)ccnn4c3)cc2)C1. The fraction of sp³-hybridized carbons (Fsp3) is 0.516. The number of anilines is 1. The molecule has 2 saturated heterocycles. The van der Waals surface area contributed by atoms with E-state index in [2.05, 4.69) is 77.4 Å². The van der Waals surface area contributed by atoms with Crippen LogP contribution in [0.15, 0.2) is 48.8 Å². The Kier molecular flexibility index (Phi) is 6.84. The van der Waals surface area contributed by atoms with E-state index in [0.717, 1.165) is 70.5 Å². The summed E-state index contributed by atoms with van der Waals surface area (Å²) in [5, 5.41) is 13.7. The number of nitriles is 1. The maximum atomic E-state index is 13.1. The van der Waals surface area contributed by atoms with Crippen LogP contribution in [0.2, 0.25) is 0 Å². The van der Waals surface area contributed by atoms with E-state index < -0.39 is 0 Å². The minimum atomic E-state index is 0.0943. The lowest BCUT2D eigenvalue weighted by molar-refractivity contribution is -0.137. The van der Waals surface area contributed by atoms with Crippen LogP contribution in [0.3, 0.4) is 0 Å².